The Morgan fingerprint density at radius 1 is 1.18 bits per heavy atom. The van der Waals surface area contributed by atoms with Crippen molar-refractivity contribution in [1.29, 1.82) is 0 Å². The van der Waals surface area contributed by atoms with Gasteiger partial charge in [-0.1, -0.05) is 30.3 Å². The van der Waals surface area contributed by atoms with Crippen LogP contribution in [0.25, 0.3) is 0 Å². The second-order valence-electron chi connectivity index (χ2n) is 5.79. The number of nitrogens with zero attached hydrogens (tertiary/aromatic N) is 1. The maximum Gasteiger partial charge on any atom is 0.113 e. The van der Waals surface area contributed by atoms with Crippen LogP contribution in [0, 0.1) is 0 Å². The maximum atomic E-state index is 10.5. The topological polar surface area (TPSA) is 20.2 Å². The van der Waals surface area contributed by atoms with E-state index in [1.165, 1.54) is 18.7 Å². The lowest BCUT2D eigenvalue weighted by Gasteiger charge is -2.55. The van der Waals surface area contributed by atoms with Gasteiger partial charge in [-0.3, -0.25) is 0 Å². The molecule has 3 aliphatic heterocycles. The highest BCUT2D eigenvalue weighted by molar-refractivity contribution is 5.28. The van der Waals surface area contributed by atoms with Crippen LogP contribution in [0.5, 0.6) is 0 Å². The highest BCUT2D eigenvalue weighted by Crippen LogP contribution is 2.45. The van der Waals surface area contributed by atoms with Gasteiger partial charge in [-0.05, 0) is 5.56 Å². The first kappa shape index (κ1) is 13.1. The monoisotopic (exact) mass is 297 g/mol. The van der Waals surface area contributed by atoms with Crippen molar-refractivity contribution >= 4 is 0 Å². The predicted molar refractivity (Wildman–Crippen MR) is 64.1 cm³/mol. The predicted octanol–water partition coefficient (Wildman–Crippen LogP) is -1.46. The summed E-state index contributed by atoms with van der Waals surface area (Å²) in [5.74, 6) is 0. The number of aliphatic hydroxyl groups excluding tert-OH is 1. The fourth-order valence-corrected chi connectivity index (χ4v) is 3.53. The van der Waals surface area contributed by atoms with Gasteiger partial charge in [0.25, 0.3) is 0 Å². The molecule has 1 atom stereocenters. The molecule has 3 heterocycles. The summed E-state index contributed by atoms with van der Waals surface area (Å²) in [6, 6.07) is 10.6. The van der Waals surface area contributed by atoms with Crippen LogP contribution in [-0.4, -0.2) is 42.4 Å². The second-order valence-corrected chi connectivity index (χ2v) is 5.79. The van der Waals surface area contributed by atoms with Crippen LogP contribution < -0.4 is 17.0 Å². The number of aliphatic hydroxyl groups is 1. The van der Waals surface area contributed by atoms with Crippen LogP contribution in [0.15, 0.2) is 30.3 Å². The third-order valence-electron chi connectivity index (χ3n) is 4.80. The van der Waals surface area contributed by atoms with E-state index >= 15 is 0 Å². The first-order chi connectivity index (χ1) is 7.65. The molecule has 1 N–H and O–H groups in total. The largest absolute Gasteiger partial charge is 1.00 e. The summed E-state index contributed by atoms with van der Waals surface area (Å²) in [6.07, 6.45) is 2.10. The van der Waals surface area contributed by atoms with Crippen LogP contribution in [0.4, 0.5) is 0 Å². The Labute approximate surface area is 114 Å². The number of hydrogen-bond acceptors (Lipinski definition) is 1. The molecule has 0 radical (unpaired) electrons. The standard InChI is InChI=1S/C14H20NO.BrH/c1-15-9-7-14(8-10-15,13(16)11-15)12-5-3-2-4-6-12;/h2-6,13,16H,7-11H2,1H3;1H/q+1;/p-1. The Morgan fingerprint density at radius 3 is 2.29 bits per heavy atom. The van der Waals surface area contributed by atoms with Gasteiger partial charge in [0.1, 0.15) is 12.6 Å². The average molecular weight is 298 g/mol. The molecule has 1 aromatic carbocycles. The summed E-state index contributed by atoms with van der Waals surface area (Å²) in [5, 5.41) is 10.5. The molecule has 0 saturated carbocycles. The number of rotatable bonds is 1. The van der Waals surface area contributed by atoms with Crippen LogP contribution >= 0.6 is 0 Å². The number of quaternary nitrogens is 1. The first-order valence-electron chi connectivity index (χ1n) is 6.22. The fourth-order valence-electron chi connectivity index (χ4n) is 3.53. The molecule has 2 nitrogen and oxygen atoms in total. The quantitative estimate of drug-likeness (QED) is 0.629. The molecule has 0 spiro atoms. The van der Waals surface area contributed by atoms with Crippen molar-refractivity contribution in [3.8, 4) is 0 Å². The molecule has 3 aliphatic rings. The van der Waals surface area contributed by atoms with Gasteiger partial charge in [0, 0.05) is 18.3 Å². The molecule has 3 saturated heterocycles. The van der Waals surface area contributed by atoms with E-state index in [2.05, 4.69) is 37.4 Å². The van der Waals surface area contributed by atoms with Crippen LogP contribution in [-0.2, 0) is 5.41 Å². The fraction of sp³-hybridized carbons (Fsp3) is 0.571. The first-order valence-corrected chi connectivity index (χ1v) is 6.22. The highest BCUT2D eigenvalue weighted by atomic mass is 79.9. The number of halogens is 1. The van der Waals surface area contributed by atoms with Crippen molar-refractivity contribution < 1.29 is 26.6 Å². The Balaban J connectivity index is 0.00000108. The molecule has 3 heteroatoms. The molecule has 94 valence electrons. The number of piperidine rings is 3. The SMILES string of the molecule is C[N+]12CCC(c3ccccc3)(CC1)C(O)C2.[Br-]. The minimum atomic E-state index is -0.164. The Bertz CT molecular complexity index is 384. The zero-order valence-electron chi connectivity index (χ0n) is 10.3. The average Bonchev–Trinajstić information content (AvgIpc) is 2.30. The normalized spacial score (nSPS) is 39.8. The van der Waals surface area contributed by atoms with E-state index in [9.17, 15) is 5.11 Å². The van der Waals surface area contributed by atoms with Crippen molar-refractivity contribution in [3.05, 3.63) is 35.9 Å². The summed E-state index contributed by atoms with van der Waals surface area (Å²) >= 11 is 0. The van der Waals surface area contributed by atoms with Gasteiger partial charge in [0.2, 0.25) is 0 Å². The van der Waals surface area contributed by atoms with E-state index in [4.69, 9.17) is 0 Å². The van der Waals surface area contributed by atoms with Crippen LogP contribution in [0.2, 0.25) is 0 Å². The Morgan fingerprint density at radius 2 is 1.76 bits per heavy atom. The molecule has 0 aromatic heterocycles. The highest BCUT2D eigenvalue weighted by Gasteiger charge is 2.53. The lowest BCUT2D eigenvalue weighted by molar-refractivity contribution is -0.929. The zero-order valence-corrected chi connectivity index (χ0v) is 11.9. The second kappa shape index (κ2) is 4.38. The lowest BCUT2D eigenvalue weighted by Crippen LogP contribution is -3.00. The molecule has 17 heavy (non-hydrogen) atoms. The molecule has 0 aliphatic carbocycles. The summed E-state index contributed by atoms with van der Waals surface area (Å²) < 4.78 is 1.07. The van der Waals surface area contributed by atoms with Gasteiger partial charge in [0.15, 0.2) is 0 Å². The molecule has 1 unspecified atom stereocenters. The van der Waals surface area contributed by atoms with Crippen molar-refractivity contribution in [3.63, 3.8) is 0 Å². The number of benzene rings is 1. The maximum absolute atomic E-state index is 10.5. The number of likely N-dealkylation sites (N-methyl/N-ethyl adjacent to an activating group) is 1. The molecule has 2 bridgehead atoms. The van der Waals surface area contributed by atoms with E-state index in [0.717, 1.165) is 23.9 Å². The van der Waals surface area contributed by atoms with Crippen LogP contribution in [0.1, 0.15) is 18.4 Å². The van der Waals surface area contributed by atoms with Gasteiger partial charge in [-0.25, -0.2) is 0 Å². The van der Waals surface area contributed by atoms with E-state index < -0.39 is 0 Å². The van der Waals surface area contributed by atoms with Crippen molar-refractivity contribution in [1.82, 2.24) is 0 Å². The summed E-state index contributed by atoms with van der Waals surface area (Å²) in [7, 11) is 2.28. The Kier molecular flexibility index (Phi) is 3.36. The van der Waals surface area contributed by atoms with Gasteiger partial charge < -0.3 is 26.6 Å². The zero-order chi connectivity index (χ0) is 11.2. The third kappa shape index (κ3) is 1.94. The van der Waals surface area contributed by atoms with Gasteiger partial charge in [0.05, 0.1) is 20.1 Å². The van der Waals surface area contributed by atoms with Crippen molar-refractivity contribution in [2.45, 2.75) is 24.4 Å². The number of hydrogen-bond donors (Lipinski definition) is 1. The van der Waals surface area contributed by atoms with Crippen molar-refractivity contribution in [2.24, 2.45) is 0 Å². The lowest BCUT2D eigenvalue weighted by atomic mass is 9.65. The summed E-state index contributed by atoms with van der Waals surface area (Å²) in [6.45, 7) is 3.35. The minimum absolute atomic E-state index is 0. The van der Waals surface area contributed by atoms with E-state index in [-0.39, 0.29) is 28.5 Å². The molecule has 3 fully saturated rings. The van der Waals surface area contributed by atoms with E-state index in [0.29, 0.717) is 0 Å². The third-order valence-corrected chi connectivity index (χ3v) is 4.80. The minimum Gasteiger partial charge on any atom is -1.00 e. The molecule has 1 aromatic rings. The summed E-state index contributed by atoms with van der Waals surface area (Å²) in [5.41, 5.74) is 1.39. The molecular formula is C14H20BrNO. The van der Waals surface area contributed by atoms with Gasteiger partial charge in [-0.2, -0.15) is 0 Å². The van der Waals surface area contributed by atoms with Gasteiger partial charge in [-0.15, -0.1) is 0 Å². The smallest absolute Gasteiger partial charge is 0.113 e. The number of fused-ring (bicyclic) bond motifs is 3. The van der Waals surface area contributed by atoms with Gasteiger partial charge >= 0.3 is 0 Å². The Hall–Kier alpha value is -0.380. The van der Waals surface area contributed by atoms with Crippen LogP contribution in [0.3, 0.4) is 0 Å². The van der Waals surface area contributed by atoms with E-state index in [1.807, 2.05) is 0 Å². The molecule has 0 amide bonds. The molecule has 4 rings (SSSR count). The van der Waals surface area contributed by atoms with Crippen molar-refractivity contribution in [2.75, 3.05) is 26.7 Å². The van der Waals surface area contributed by atoms with E-state index in [1.54, 1.807) is 0 Å². The summed E-state index contributed by atoms with van der Waals surface area (Å²) in [4.78, 5) is 0. The molecular weight excluding hydrogens is 278 g/mol.